The number of halogens is 2. The van der Waals surface area contributed by atoms with E-state index in [1.807, 2.05) is 25.1 Å². The minimum atomic E-state index is 0.531. The van der Waals surface area contributed by atoms with Crippen molar-refractivity contribution < 1.29 is 0 Å². The lowest BCUT2D eigenvalue weighted by molar-refractivity contribution is 0.521. The van der Waals surface area contributed by atoms with E-state index in [1.165, 1.54) is 0 Å². The minimum absolute atomic E-state index is 0.531. The summed E-state index contributed by atoms with van der Waals surface area (Å²) in [5.41, 5.74) is 0.873. The van der Waals surface area contributed by atoms with Crippen LogP contribution in [0.4, 0.5) is 5.69 Å². The Morgan fingerprint density at radius 1 is 1.29 bits per heavy atom. The first-order chi connectivity index (χ1) is 6.50. The highest BCUT2D eigenvalue weighted by Crippen LogP contribution is 2.25. The summed E-state index contributed by atoms with van der Waals surface area (Å²) in [5.74, 6) is 0.795. The molecule has 14 heavy (non-hydrogen) atoms. The standard InChI is InChI=1S/C10H12Cl2N2/c1-7(14(2)3)13-8-4-5-9(11)10(12)6-8/h4-6,13H,1H2,2-3H3. The number of nitrogens with one attached hydrogen (secondary N) is 1. The summed E-state index contributed by atoms with van der Waals surface area (Å²) in [7, 11) is 3.82. The number of hydrogen-bond donors (Lipinski definition) is 1. The lowest BCUT2D eigenvalue weighted by Crippen LogP contribution is -2.16. The summed E-state index contributed by atoms with van der Waals surface area (Å²) in [4.78, 5) is 1.88. The van der Waals surface area contributed by atoms with Gasteiger partial charge in [0.05, 0.1) is 15.9 Å². The summed E-state index contributed by atoms with van der Waals surface area (Å²) >= 11 is 11.6. The number of benzene rings is 1. The number of anilines is 1. The molecule has 0 amide bonds. The van der Waals surface area contributed by atoms with Crippen molar-refractivity contribution in [2.75, 3.05) is 19.4 Å². The Labute approximate surface area is 94.1 Å². The van der Waals surface area contributed by atoms with Crippen molar-refractivity contribution in [2.45, 2.75) is 0 Å². The van der Waals surface area contributed by atoms with Crippen molar-refractivity contribution in [3.63, 3.8) is 0 Å². The molecule has 0 aliphatic rings. The third-order valence-electron chi connectivity index (χ3n) is 1.75. The van der Waals surface area contributed by atoms with E-state index in [0.717, 1.165) is 11.5 Å². The normalized spacial score (nSPS) is 9.71. The first-order valence-corrected chi connectivity index (χ1v) is 4.84. The van der Waals surface area contributed by atoms with Gasteiger partial charge in [-0.1, -0.05) is 29.8 Å². The Kier molecular flexibility index (Phi) is 3.67. The first-order valence-electron chi connectivity index (χ1n) is 4.09. The van der Waals surface area contributed by atoms with E-state index in [0.29, 0.717) is 10.0 Å². The van der Waals surface area contributed by atoms with Crippen LogP contribution in [0.1, 0.15) is 0 Å². The van der Waals surface area contributed by atoms with Gasteiger partial charge in [-0.3, -0.25) is 0 Å². The van der Waals surface area contributed by atoms with Crippen LogP contribution in [-0.4, -0.2) is 19.0 Å². The van der Waals surface area contributed by atoms with Gasteiger partial charge in [0.25, 0.3) is 0 Å². The van der Waals surface area contributed by atoms with Crippen LogP contribution in [0.3, 0.4) is 0 Å². The second-order valence-corrected chi connectivity index (χ2v) is 3.91. The van der Waals surface area contributed by atoms with Crippen molar-refractivity contribution in [3.8, 4) is 0 Å². The smallest absolute Gasteiger partial charge is 0.0978 e. The van der Waals surface area contributed by atoms with Gasteiger partial charge in [0.1, 0.15) is 0 Å². The average Bonchev–Trinajstić information content (AvgIpc) is 2.11. The molecule has 0 spiro atoms. The molecule has 0 radical (unpaired) electrons. The maximum absolute atomic E-state index is 5.86. The highest BCUT2D eigenvalue weighted by molar-refractivity contribution is 6.42. The fraction of sp³-hybridized carbons (Fsp3) is 0.200. The lowest BCUT2D eigenvalue weighted by atomic mass is 10.3. The molecule has 0 aliphatic carbocycles. The molecule has 2 nitrogen and oxygen atoms in total. The molecular formula is C10H12Cl2N2. The van der Waals surface area contributed by atoms with Gasteiger partial charge < -0.3 is 10.2 Å². The van der Waals surface area contributed by atoms with Gasteiger partial charge in [-0.15, -0.1) is 0 Å². The van der Waals surface area contributed by atoms with Crippen LogP contribution < -0.4 is 5.32 Å². The van der Waals surface area contributed by atoms with Crippen molar-refractivity contribution in [1.29, 1.82) is 0 Å². The predicted molar refractivity (Wildman–Crippen MR) is 62.9 cm³/mol. The molecule has 4 heteroatoms. The van der Waals surface area contributed by atoms with Crippen molar-refractivity contribution >= 4 is 28.9 Å². The molecule has 0 saturated carbocycles. The van der Waals surface area contributed by atoms with Crippen molar-refractivity contribution in [1.82, 2.24) is 4.90 Å². The van der Waals surface area contributed by atoms with Crippen LogP contribution in [0.2, 0.25) is 10.0 Å². The largest absolute Gasteiger partial charge is 0.365 e. The molecular weight excluding hydrogens is 219 g/mol. The molecule has 1 aromatic rings. The zero-order valence-electron chi connectivity index (χ0n) is 8.14. The van der Waals surface area contributed by atoms with E-state index >= 15 is 0 Å². The van der Waals surface area contributed by atoms with Gasteiger partial charge in [0.2, 0.25) is 0 Å². The second kappa shape index (κ2) is 4.58. The molecule has 0 atom stereocenters. The van der Waals surface area contributed by atoms with Crippen LogP contribution in [0.5, 0.6) is 0 Å². The monoisotopic (exact) mass is 230 g/mol. The zero-order chi connectivity index (χ0) is 10.7. The molecule has 0 heterocycles. The quantitative estimate of drug-likeness (QED) is 0.857. The first kappa shape index (κ1) is 11.2. The van der Waals surface area contributed by atoms with E-state index < -0.39 is 0 Å². The number of rotatable bonds is 3. The molecule has 0 saturated heterocycles. The van der Waals surface area contributed by atoms with E-state index in [9.17, 15) is 0 Å². The fourth-order valence-corrected chi connectivity index (χ4v) is 1.15. The third kappa shape index (κ3) is 2.82. The van der Waals surface area contributed by atoms with Gasteiger partial charge in [0, 0.05) is 19.8 Å². The highest BCUT2D eigenvalue weighted by Gasteiger charge is 2.01. The Balaban J connectivity index is 2.78. The van der Waals surface area contributed by atoms with Crippen LogP contribution >= 0.6 is 23.2 Å². The third-order valence-corrected chi connectivity index (χ3v) is 2.49. The number of hydrogen-bond acceptors (Lipinski definition) is 2. The van der Waals surface area contributed by atoms with E-state index in [2.05, 4.69) is 11.9 Å². The molecule has 0 aromatic heterocycles. The molecule has 0 fully saturated rings. The summed E-state index contributed by atoms with van der Waals surface area (Å²) in [6, 6.07) is 5.36. The molecule has 0 aliphatic heterocycles. The van der Waals surface area contributed by atoms with Crippen LogP contribution in [0, 0.1) is 0 Å². The van der Waals surface area contributed by atoms with Crippen LogP contribution in [0.25, 0.3) is 0 Å². The summed E-state index contributed by atoms with van der Waals surface area (Å²) in [6.07, 6.45) is 0. The van der Waals surface area contributed by atoms with E-state index in [-0.39, 0.29) is 0 Å². The molecule has 76 valence electrons. The van der Waals surface area contributed by atoms with E-state index in [4.69, 9.17) is 23.2 Å². The summed E-state index contributed by atoms with van der Waals surface area (Å²) in [5, 5.41) is 4.18. The zero-order valence-corrected chi connectivity index (χ0v) is 9.65. The minimum Gasteiger partial charge on any atom is -0.365 e. The molecule has 0 unspecified atom stereocenters. The van der Waals surface area contributed by atoms with Crippen molar-refractivity contribution in [3.05, 3.63) is 40.6 Å². The molecule has 1 rings (SSSR count). The topological polar surface area (TPSA) is 15.3 Å². The van der Waals surface area contributed by atoms with Gasteiger partial charge in [0.15, 0.2) is 0 Å². The van der Waals surface area contributed by atoms with Gasteiger partial charge >= 0.3 is 0 Å². The Morgan fingerprint density at radius 3 is 2.43 bits per heavy atom. The lowest BCUT2D eigenvalue weighted by Gasteiger charge is -2.17. The van der Waals surface area contributed by atoms with Crippen molar-refractivity contribution in [2.24, 2.45) is 0 Å². The average molecular weight is 231 g/mol. The Bertz CT molecular complexity index is 348. The van der Waals surface area contributed by atoms with Gasteiger partial charge in [-0.05, 0) is 18.2 Å². The Hall–Kier alpha value is -0.860. The maximum atomic E-state index is 5.86. The maximum Gasteiger partial charge on any atom is 0.0978 e. The Morgan fingerprint density at radius 2 is 1.93 bits per heavy atom. The van der Waals surface area contributed by atoms with Gasteiger partial charge in [-0.25, -0.2) is 0 Å². The summed E-state index contributed by atoms with van der Waals surface area (Å²) in [6.45, 7) is 3.84. The van der Waals surface area contributed by atoms with Gasteiger partial charge in [-0.2, -0.15) is 0 Å². The summed E-state index contributed by atoms with van der Waals surface area (Å²) < 4.78 is 0. The molecule has 1 aromatic carbocycles. The van der Waals surface area contributed by atoms with E-state index in [1.54, 1.807) is 12.1 Å². The molecule has 0 bridgehead atoms. The van der Waals surface area contributed by atoms with Crippen LogP contribution in [0.15, 0.2) is 30.6 Å². The fourth-order valence-electron chi connectivity index (χ4n) is 0.852. The number of nitrogens with zero attached hydrogens (tertiary/aromatic N) is 1. The SMILES string of the molecule is C=C(Nc1ccc(Cl)c(Cl)c1)N(C)C. The molecule has 1 N–H and O–H groups in total. The highest BCUT2D eigenvalue weighted by atomic mass is 35.5. The van der Waals surface area contributed by atoms with Crippen LogP contribution in [-0.2, 0) is 0 Å². The second-order valence-electron chi connectivity index (χ2n) is 3.10. The predicted octanol–water partition coefficient (Wildman–Crippen LogP) is 3.44.